The summed E-state index contributed by atoms with van der Waals surface area (Å²) in [4.78, 5) is 22.7. The zero-order valence-corrected chi connectivity index (χ0v) is 14.9. The monoisotopic (exact) mass is 365 g/mol. The molecule has 0 unspecified atom stereocenters. The van der Waals surface area contributed by atoms with Gasteiger partial charge in [-0.25, -0.2) is 14.8 Å². The van der Waals surface area contributed by atoms with Gasteiger partial charge in [0.25, 0.3) is 0 Å². The van der Waals surface area contributed by atoms with Crippen LogP contribution in [0.15, 0.2) is 24.3 Å². The molecule has 1 fully saturated rings. The Bertz CT molecular complexity index is 778. The Balaban J connectivity index is 1.96. The van der Waals surface area contributed by atoms with Crippen molar-refractivity contribution in [1.29, 1.82) is 0 Å². The molecule has 24 heavy (non-hydrogen) atoms. The van der Waals surface area contributed by atoms with E-state index in [2.05, 4.69) is 9.97 Å². The highest BCUT2D eigenvalue weighted by atomic mass is 35.5. The number of halogens is 2. The van der Waals surface area contributed by atoms with Crippen LogP contribution in [-0.4, -0.2) is 30.1 Å². The summed E-state index contributed by atoms with van der Waals surface area (Å²) >= 11 is 12.4. The molecule has 0 aliphatic heterocycles. The van der Waals surface area contributed by atoms with Gasteiger partial charge in [-0.05, 0) is 30.5 Å². The fourth-order valence-electron chi connectivity index (χ4n) is 2.45. The van der Waals surface area contributed by atoms with Crippen LogP contribution in [0.1, 0.15) is 40.6 Å². The number of carbonyl (C=O) groups excluding carboxylic acids is 1. The number of ether oxygens (including phenoxy) is 1. The van der Waals surface area contributed by atoms with Crippen LogP contribution in [0.25, 0.3) is 0 Å². The smallest absolute Gasteiger partial charge is 0.358 e. The van der Waals surface area contributed by atoms with Crippen LogP contribution in [0.3, 0.4) is 0 Å². The summed E-state index contributed by atoms with van der Waals surface area (Å²) in [5, 5.41) is 0.874. The van der Waals surface area contributed by atoms with Gasteiger partial charge in [0.2, 0.25) is 0 Å². The highest BCUT2D eigenvalue weighted by Gasteiger charge is 2.30. The van der Waals surface area contributed by atoms with Crippen LogP contribution in [0, 0.1) is 0 Å². The van der Waals surface area contributed by atoms with E-state index in [-0.39, 0.29) is 10.7 Å². The first-order valence-corrected chi connectivity index (χ1v) is 8.36. The third kappa shape index (κ3) is 3.62. The number of benzene rings is 1. The molecule has 0 radical (unpaired) electrons. The maximum absolute atomic E-state index is 12.0. The number of methoxy groups -OCH3 is 1. The van der Waals surface area contributed by atoms with E-state index in [9.17, 15) is 4.79 Å². The molecule has 0 amide bonds. The summed E-state index contributed by atoms with van der Waals surface area (Å²) in [5.74, 6) is 0.910. The number of aromatic nitrogens is 2. The first-order valence-electron chi connectivity index (χ1n) is 7.61. The van der Waals surface area contributed by atoms with Crippen LogP contribution in [0.4, 0.5) is 5.82 Å². The van der Waals surface area contributed by atoms with Crippen LogP contribution in [-0.2, 0) is 11.3 Å². The maximum atomic E-state index is 12.0. The van der Waals surface area contributed by atoms with Gasteiger partial charge in [-0.3, -0.25) is 0 Å². The third-order valence-corrected chi connectivity index (χ3v) is 4.43. The molecule has 1 aliphatic carbocycles. The van der Waals surface area contributed by atoms with Crippen molar-refractivity contribution in [2.45, 2.75) is 25.3 Å². The van der Waals surface area contributed by atoms with Gasteiger partial charge in [-0.1, -0.05) is 35.3 Å². The SMILES string of the molecule is COC(=O)c1nc(C2CC2)nc(N(C)Cc2cccc(Cl)c2)c1Cl. The van der Waals surface area contributed by atoms with E-state index < -0.39 is 5.97 Å². The van der Waals surface area contributed by atoms with Crippen molar-refractivity contribution >= 4 is 35.0 Å². The number of esters is 1. The Morgan fingerprint density at radius 3 is 2.71 bits per heavy atom. The van der Waals surface area contributed by atoms with Crippen LogP contribution in [0.5, 0.6) is 0 Å². The molecule has 0 bridgehead atoms. The topological polar surface area (TPSA) is 55.3 Å². The lowest BCUT2D eigenvalue weighted by Gasteiger charge is -2.21. The van der Waals surface area contributed by atoms with E-state index in [1.54, 1.807) is 0 Å². The van der Waals surface area contributed by atoms with Crippen molar-refractivity contribution < 1.29 is 9.53 Å². The Morgan fingerprint density at radius 1 is 1.33 bits per heavy atom. The third-order valence-electron chi connectivity index (χ3n) is 3.84. The van der Waals surface area contributed by atoms with E-state index in [0.29, 0.717) is 29.1 Å². The van der Waals surface area contributed by atoms with Gasteiger partial charge in [0, 0.05) is 24.5 Å². The fraction of sp³-hybridized carbons (Fsp3) is 0.353. The number of carbonyl (C=O) groups is 1. The second-order valence-electron chi connectivity index (χ2n) is 5.82. The average molecular weight is 366 g/mol. The van der Waals surface area contributed by atoms with Gasteiger partial charge >= 0.3 is 5.97 Å². The summed E-state index contributed by atoms with van der Waals surface area (Å²) in [5.41, 5.74) is 1.14. The first kappa shape index (κ1) is 17.0. The summed E-state index contributed by atoms with van der Waals surface area (Å²) in [6, 6.07) is 7.57. The molecule has 126 valence electrons. The second kappa shape index (κ2) is 6.95. The molecular weight excluding hydrogens is 349 g/mol. The molecule has 0 atom stereocenters. The normalized spacial score (nSPS) is 13.7. The molecule has 1 aromatic carbocycles. The van der Waals surface area contributed by atoms with Gasteiger partial charge < -0.3 is 9.64 Å². The van der Waals surface area contributed by atoms with Crippen LogP contribution < -0.4 is 4.90 Å². The molecule has 2 aromatic rings. The van der Waals surface area contributed by atoms with Crippen molar-refractivity contribution in [1.82, 2.24) is 9.97 Å². The lowest BCUT2D eigenvalue weighted by molar-refractivity contribution is 0.0593. The lowest BCUT2D eigenvalue weighted by Crippen LogP contribution is -2.21. The zero-order chi connectivity index (χ0) is 17.3. The number of rotatable bonds is 5. The van der Waals surface area contributed by atoms with Crippen molar-refractivity contribution in [3.63, 3.8) is 0 Å². The van der Waals surface area contributed by atoms with E-state index >= 15 is 0 Å². The Kier molecular flexibility index (Phi) is 4.92. The highest BCUT2D eigenvalue weighted by Crippen LogP contribution is 2.40. The molecule has 0 N–H and O–H groups in total. The predicted octanol–water partition coefficient (Wildman–Crippen LogP) is 4.08. The van der Waals surface area contributed by atoms with E-state index in [4.69, 9.17) is 27.9 Å². The summed E-state index contributed by atoms with van der Waals surface area (Å²) in [6.45, 7) is 0.558. The lowest BCUT2D eigenvalue weighted by atomic mass is 10.2. The van der Waals surface area contributed by atoms with Gasteiger partial charge in [0.05, 0.1) is 7.11 Å². The quantitative estimate of drug-likeness (QED) is 0.747. The summed E-state index contributed by atoms with van der Waals surface area (Å²) in [7, 11) is 3.18. The molecule has 0 saturated heterocycles. The molecule has 0 spiro atoms. The standard InChI is InChI=1S/C17H17Cl2N3O2/c1-22(9-10-4-3-5-12(18)8-10)16-13(19)14(17(23)24-2)20-15(21-16)11-6-7-11/h3-5,8,11H,6-7,9H2,1-2H3. The summed E-state index contributed by atoms with van der Waals surface area (Å²) in [6.07, 6.45) is 2.05. The van der Waals surface area contributed by atoms with E-state index in [1.807, 2.05) is 36.2 Å². The maximum Gasteiger partial charge on any atom is 0.358 e. The Labute approximate surface area is 150 Å². The minimum atomic E-state index is -0.554. The molecule has 5 nitrogen and oxygen atoms in total. The minimum Gasteiger partial charge on any atom is -0.464 e. The number of anilines is 1. The van der Waals surface area contributed by atoms with Gasteiger partial charge in [0.15, 0.2) is 11.5 Å². The molecule has 1 aliphatic rings. The Morgan fingerprint density at radius 2 is 2.08 bits per heavy atom. The van der Waals surface area contributed by atoms with Crippen molar-refractivity contribution in [3.05, 3.63) is 51.4 Å². The average Bonchev–Trinajstić information content (AvgIpc) is 3.39. The molecule has 1 aromatic heterocycles. The van der Waals surface area contributed by atoms with Crippen molar-refractivity contribution in [3.8, 4) is 0 Å². The van der Waals surface area contributed by atoms with Crippen molar-refractivity contribution in [2.24, 2.45) is 0 Å². The number of nitrogens with zero attached hydrogens (tertiary/aromatic N) is 3. The predicted molar refractivity (Wildman–Crippen MR) is 93.9 cm³/mol. The van der Waals surface area contributed by atoms with Gasteiger partial charge in [-0.15, -0.1) is 0 Å². The Hall–Kier alpha value is -1.85. The minimum absolute atomic E-state index is 0.115. The second-order valence-corrected chi connectivity index (χ2v) is 6.63. The molecule has 1 heterocycles. The van der Waals surface area contributed by atoms with Crippen LogP contribution >= 0.6 is 23.2 Å². The molecule has 3 rings (SSSR count). The summed E-state index contributed by atoms with van der Waals surface area (Å²) < 4.78 is 4.79. The largest absolute Gasteiger partial charge is 0.464 e. The first-order chi connectivity index (χ1) is 11.5. The zero-order valence-electron chi connectivity index (χ0n) is 13.4. The van der Waals surface area contributed by atoms with Gasteiger partial charge in [-0.2, -0.15) is 0 Å². The fourth-order valence-corrected chi connectivity index (χ4v) is 2.96. The molecule has 1 saturated carbocycles. The van der Waals surface area contributed by atoms with Crippen molar-refractivity contribution in [2.75, 3.05) is 19.1 Å². The number of hydrogen-bond donors (Lipinski definition) is 0. The van der Waals surface area contributed by atoms with Gasteiger partial charge in [0.1, 0.15) is 10.8 Å². The van der Waals surface area contributed by atoms with Crippen LogP contribution in [0.2, 0.25) is 10.0 Å². The van der Waals surface area contributed by atoms with E-state index in [1.165, 1.54) is 7.11 Å². The number of hydrogen-bond acceptors (Lipinski definition) is 5. The molecular formula is C17H17Cl2N3O2. The highest BCUT2D eigenvalue weighted by molar-refractivity contribution is 6.35. The molecule has 7 heteroatoms. The van der Waals surface area contributed by atoms with E-state index in [0.717, 1.165) is 18.4 Å².